The molecule has 0 fully saturated rings. The molecule has 1 N–H and O–H groups in total. The Hall–Kier alpha value is -2.04. The number of benzene rings is 2. The highest BCUT2D eigenvalue weighted by atomic mass is 35.5. The summed E-state index contributed by atoms with van der Waals surface area (Å²) in [4.78, 5) is 26.7. The number of hydrogen-bond acceptors (Lipinski definition) is 2. The van der Waals surface area contributed by atoms with Gasteiger partial charge in [0.05, 0.1) is 10.0 Å². The topological polar surface area (TPSA) is 49.4 Å². The van der Waals surface area contributed by atoms with Gasteiger partial charge in [-0.15, -0.1) is 0 Å². The van der Waals surface area contributed by atoms with E-state index in [4.69, 9.17) is 23.2 Å². The third-order valence-electron chi connectivity index (χ3n) is 4.29. The van der Waals surface area contributed by atoms with Gasteiger partial charge in [-0.25, -0.2) is 0 Å². The first-order chi connectivity index (χ1) is 12.8. The van der Waals surface area contributed by atoms with E-state index in [1.807, 2.05) is 45.0 Å². The Labute approximate surface area is 170 Å². The summed E-state index contributed by atoms with van der Waals surface area (Å²) in [5, 5.41) is 3.78. The fourth-order valence-electron chi connectivity index (χ4n) is 2.74. The molecule has 0 unspecified atom stereocenters. The maximum Gasteiger partial charge on any atom is 0.251 e. The van der Waals surface area contributed by atoms with Crippen molar-refractivity contribution in [1.29, 1.82) is 0 Å². The summed E-state index contributed by atoms with van der Waals surface area (Å²) in [5.74, 6) is -0.192. The largest absolute Gasteiger partial charge is 0.352 e. The second-order valence-corrected chi connectivity index (χ2v) is 7.50. The molecular formula is C21H24Cl2N2O2. The molecule has 2 rings (SSSR count). The van der Waals surface area contributed by atoms with Crippen LogP contribution < -0.4 is 5.32 Å². The van der Waals surface area contributed by atoms with Gasteiger partial charge in [0.2, 0.25) is 5.91 Å². The minimum absolute atomic E-state index is 0.0267. The van der Waals surface area contributed by atoms with Crippen LogP contribution in [0.2, 0.25) is 10.0 Å². The molecule has 144 valence electrons. The second kappa shape index (κ2) is 9.77. The maximum atomic E-state index is 12.6. The van der Waals surface area contributed by atoms with Crippen molar-refractivity contribution in [3.05, 3.63) is 69.2 Å². The molecule has 0 atom stereocenters. The zero-order valence-electron chi connectivity index (χ0n) is 15.8. The van der Waals surface area contributed by atoms with E-state index < -0.39 is 0 Å². The predicted molar refractivity (Wildman–Crippen MR) is 110 cm³/mol. The summed E-state index contributed by atoms with van der Waals surface area (Å²) in [6.07, 6.45) is 0.233. The van der Waals surface area contributed by atoms with E-state index in [9.17, 15) is 9.59 Å². The molecule has 6 heteroatoms. The molecule has 0 bridgehead atoms. The van der Waals surface area contributed by atoms with Crippen molar-refractivity contribution >= 4 is 35.0 Å². The van der Waals surface area contributed by atoms with E-state index in [-0.39, 0.29) is 30.8 Å². The number of nitrogens with zero attached hydrogens (tertiary/aromatic N) is 1. The van der Waals surface area contributed by atoms with Gasteiger partial charge in [0.15, 0.2) is 0 Å². The quantitative estimate of drug-likeness (QED) is 0.713. The molecule has 2 aromatic rings. The van der Waals surface area contributed by atoms with E-state index in [1.54, 1.807) is 23.1 Å². The minimum atomic E-state index is -0.165. The highest BCUT2D eigenvalue weighted by molar-refractivity contribution is 6.42. The van der Waals surface area contributed by atoms with Crippen LogP contribution >= 0.6 is 23.2 Å². The summed E-state index contributed by atoms with van der Waals surface area (Å²) in [6.45, 7) is 6.54. The van der Waals surface area contributed by atoms with Crippen molar-refractivity contribution in [1.82, 2.24) is 10.2 Å². The summed E-state index contributed by atoms with van der Waals surface area (Å²) in [7, 11) is 0. The van der Waals surface area contributed by atoms with E-state index in [2.05, 4.69) is 5.32 Å². The predicted octanol–water partition coefficient (Wildman–Crippen LogP) is 4.86. The lowest BCUT2D eigenvalue weighted by atomic mass is 10.1. The number of carbonyl (C=O) groups excluding carboxylic acids is 2. The lowest BCUT2D eigenvalue weighted by molar-refractivity contribution is -0.133. The smallest absolute Gasteiger partial charge is 0.251 e. The van der Waals surface area contributed by atoms with Crippen LogP contribution in [-0.2, 0) is 11.3 Å². The van der Waals surface area contributed by atoms with Crippen LogP contribution in [0.3, 0.4) is 0 Å². The van der Waals surface area contributed by atoms with Crippen molar-refractivity contribution in [2.24, 2.45) is 0 Å². The van der Waals surface area contributed by atoms with Gasteiger partial charge in [-0.2, -0.15) is 0 Å². The standard InChI is InChI=1S/C21H24Cl2N2O2/c1-14(2)25(13-16-8-9-18(22)19(23)12-16)20(26)10-11-24-21(27)17-7-5-4-6-15(17)3/h4-9,12,14H,10-11,13H2,1-3H3,(H,24,27). The SMILES string of the molecule is Cc1ccccc1C(=O)NCCC(=O)N(Cc1ccc(Cl)c(Cl)c1)C(C)C. The molecule has 0 saturated heterocycles. The fraction of sp³-hybridized carbons (Fsp3) is 0.333. The van der Waals surface area contributed by atoms with Crippen LogP contribution in [-0.4, -0.2) is 29.3 Å². The van der Waals surface area contributed by atoms with Gasteiger partial charge >= 0.3 is 0 Å². The number of halogens is 2. The van der Waals surface area contributed by atoms with Crippen LogP contribution in [0.25, 0.3) is 0 Å². The Kier molecular flexibility index (Phi) is 7.69. The molecule has 0 radical (unpaired) electrons. The third kappa shape index (κ3) is 5.98. The molecule has 2 amide bonds. The monoisotopic (exact) mass is 406 g/mol. The summed E-state index contributed by atoms with van der Waals surface area (Å²) >= 11 is 12.0. The summed E-state index contributed by atoms with van der Waals surface area (Å²) in [6, 6.07) is 12.8. The maximum absolute atomic E-state index is 12.6. The third-order valence-corrected chi connectivity index (χ3v) is 5.03. The number of nitrogens with one attached hydrogen (secondary N) is 1. The van der Waals surface area contributed by atoms with Crippen LogP contribution in [0.5, 0.6) is 0 Å². The first-order valence-corrected chi connectivity index (χ1v) is 9.62. The van der Waals surface area contributed by atoms with Gasteiger partial charge in [-0.1, -0.05) is 47.5 Å². The molecule has 4 nitrogen and oxygen atoms in total. The number of hydrogen-bond donors (Lipinski definition) is 1. The van der Waals surface area contributed by atoms with Gasteiger partial charge in [0, 0.05) is 31.1 Å². The van der Waals surface area contributed by atoms with Gasteiger partial charge in [-0.05, 0) is 50.1 Å². The molecular weight excluding hydrogens is 383 g/mol. The lowest BCUT2D eigenvalue weighted by Gasteiger charge is -2.27. The van der Waals surface area contributed by atoms with E-state index in [1.165, 1.54) is 0 Å². The van der Waals surface area contributed by atoms with Gasteiger partial charge in [-0.3, -0.25) is 9.59 Å². The van der Waals surface area contributed by atoms with Crippen molar-refractivity contribution in [2.45, 2.75) is 39.8 Å². The highest BCUT2D eigenvalue weighted by Crippen LogP contribution is 2.23. The van der Waals surface area contributed by atoms with Crippen LogP contribution in [0.15, 0.2) is 42.5 Å². The van der Waals surface area contributed by atoms with Gasteiger partial charge in [0.25, 0.3) is 5.91 Å². The van der Waals surface area contributed by atoms with Crippen molar-refractivity contribution in [2.75, 3.05) is 6.54 Å². The molecule has 0 aromatic heterocycles. The Morgan fingerprint density at radius 3 is 2.41 bits per heavy atom. The van der Waals surface area contributed by atoms with Crippen LogP contribution in [0.4, 0.5) is 0 Å². The van der Waals surface area contributed by atoms with Gasteiger partial charge < -0.3 is 10.2 Å². The number of aryl methyl sites for hydroxylation is 1. The van der Waals surface area contributed by atoms with Crippen molar-refractivity contribution in [3.8, 4) is 0 Å². The zero-order chi connectivity index (χ0) is 20.0. The normalized spacial score (nSPS) is 10.7. The highest BCUT2D eigenvalue weighted by Gasteiger charge is 2.18. The first kappa shape index (κ1) is 21.3. The van der Waals surface area contributed by atoms with Gasteiger partial charge in [0.1, 0.15) is 0 Å². The van der Waals surface area contributed by atoms with Crippen molar-refractivity contribution < 1.29 is 9.59 Å². The Morgan fingerprint density at radius 2 is 1.78 bits per heavy atom. The average Bonchev–Trinajstić information content (AvgIpc) is 2.62. The number of carbonyl (C=O) groups is 2. The van der Waals surface area contributed by atoms with E-state index in [0.29, 0.717) is 22.2 Å². The summed E-state index contributed by atoms with van der Waals surface area (Å²) in [5.41, 5.74) is 2.45. The average molecular weight is 407 g/mol. The van der Waals surface area contributed by atoms with E-state index in [0.717, 1.165) is 11.1 Å². The molecule has 27 heavy (non-hydrogen) atoms. The molecule has 0 aliphatic heterocycles. The Bertz CT molecular complexity index is 822. The van der Waals surface area contributed by atoms with Crippen molar-refractivity contribution in [3.63, 3.8) is 0 Å². The molecule has 2 aromatic carbocycles. The van der Waals surface area contributed by atoms with Crippen LogP contribution in [0, 0.1) is 6.92 Å². The Morgan fingerprint density at radius 1 is 1.07 bits per heavy atom. The van der Waals surface area contributed by atoms with Crippen LogP contribution in [0.1, 0.15) is 41.8 Å². The molecule has 0 aliphatic rings. The number of amides is 2. The first-order valence-electron chi connectivity index (χ1n) is 8.86. The zero-order valence-corrected chi connectivity index (χ0v) is 17.3. The molecule has 0 spiro atoms. The van der Waals surface area contributed by atoms with E-state index >= 15 is 0 Å². The lowest BCUT2D eigenvalue weighted by Crippen LogP contribution is -2.38. The molecule has 0 aliphatic carbocycles. The number of rotatable bonds is 7. The molecule has 0 heterocycles. The Balaban J connectivity index is 1.94. The summed E-state index contributed by atoms with van der Waals surface area (Å²) < 4.78 is 0. The molecule has 0 saturated carbocycles. The fourth-order valence-corrected chi connectivity index (χ4v) is 3.06. The minimum Gasteiger partial charge on any atom is -0.352 e. The second-order valence-electron chi connectivity index (χ2n) is 6.68.